The van der Waals surface area contributed by atoms with E-state index in [2.05, 4.69) is 224 Å². The molecule has 2 nitrogen and oxygen atoms in total. The standard InChI is InChI=1S/C59H38N2/c1-4-19-41(20-5-1)55-38-56(61-58(60-55)51-30-16-21-39-17-10-12-26-45(39)51)50-34-33-46(48-28-14-15-29-49(48)50)42-32-35-53-52(37-42)57-47-27-13-11-18-40(47)31-36-54(57)59(53,43-22-6-2-7-23-43)44-24-8-3-9-25-44/h1-38H. The molecule has 0 unspecified atom stereocenters. The van der Waals surface area contributed by atoms with Crippen LogP contribution < -0.4 is 0 Å². The molecule has 0 fully saturated rings. The molecule has 1 heterocycles. The summed E-state index contributed by atoms with van der Waals surface area (Å²) >= 11 is 0. The molecule has 61 heavy (non-hydrogen) atoms. The van der Waals surface area contributed by atoms with Crippen molar-refractivity contribution in [2.24, 2.45) is 0 Å². The minimum Gasteiger partial charge on any atom is -0.228 e. The number of aromatic nitrogens is 2. The van der Waals surface area contributed by atoms with Gasteiger partial charge in [0.1, 0.15) is 0 Å². The third kappa shape index (κ3) is 5.50. The fourth-order valence-corrected chi connectivity index (χ4v) is 10.1. The molecule has 10 aromatic carbocycles. The summed E-state index contributed by atoms with van der Waals surface area (Å²) in [4.78, 5) is 10.6. The van der Waals surface area contributed by atoms with Crippen molar-refractivity contribution in [3.05, 3.63) is 253 Å². The van der Waals surface area contributed by atoms with E-state index in [4.69, 9.17) is 9.97 Å². The van der Waals surface area contributed by atoms with Crippen LogP contribution >= 0.6 is 0 Å². The van der Waals surface area contributed by atoms with Crippen LogP contribution in [0.2, 0.25) is 0 Å². The van der Waals surface area contributed by atoms with Crippen LogP contribution in [-0.2, 0) is 5.41 Å². The molecule has 12 rings (SSSR count). The molecule has 2 heteroatoms. The Morgan fingerprint density at radius 1 is 0.295 bits per heavy atom. The third-order valence-corrected chi connectivity index (χ3v) is 12.8. The molecule has 1 aromatic heterocycles. The van der Waals surface area contributed by atoms with E-state index in [9.17, 15) is 0 Å². The molecule has 11 aromatic rings. The molecule has 0 saturated heterocycles. The average Bonchev–Trinajstić information content (AvgIpc) is 3.65. The molecular formula is C59H38N2. The SMILES string of the molecule is c1ccc(-c2cc(-c3ccc(-c4ccc5c(c4)-c4c(ccc6ccccc46)C5(c4ccccc4)c4ccccc4)c4ccccc34)nc(-c3cccc4ccccc34)n2)cc1. The summed E-state index contributed by atoms with van der Waals surface area (Å²) in [6, 6.07) is 83.6. The molecular weight excluding hydrogens is 737 g/mol. The number of nitrogens with zero attached hydrogens (tertiary/aromatic N) is 2. The van der Waals surface area contributed by atoms with Gasteiger partial charge in [0.2, 0.25) is 0 Å². The van der Waals surface area contributed by atoms with Crippen LogP contribution in [0.1, 0.15) is 22.3 Å². The van der Waals surface area contributed by atoms with Crippen LogP contribution in [0.3, 0.4) is 0 Å². The van der Waals surface area contributed by atoms with Crippen molar-refractivity contribution in [1.82, 2.24) is 9.97 Å². The number of hydrogen-bond donors (Lipinski definition) is 0. The molecule has 0 saturated carbocycles. The van der Waals surface area contributed by atoms with Gasteiger partial charge in [0, 0.05) is 16.7 Å². The van der Waals surface area contributed by atoms with E-state index in [-0.39, 0.29) is 0 Å². The van der Waals surface area contributed by atoms with Crippen LogP contribution in [0, 0.1) is 0 Å². The van der Waals surface area contributed by atoms with E-state index in [0.717, 1.165) is 38.9 Å². The van der Waals surface area contributed by atoms with Crippen LogP contribution in [0.5, 0.6) is 0 Å². The third-order valence-electron chi connectivity index (χ3n) is 12.8. The van der Waals surface area contributed by atoms with Crippen molar-refractivity contribution in [3.63, 3.8) is 0 Å². The van der Waals surface area contributed by atoms with Crippen molar-refractivity contribution in [1.29, 1.82) is 0 Å². The maximum atomic E-state index is 5.37. The Balaban J connectivity index is 1.08. The lowest BCUT2D eigenvalue weighted by Crippen LogP contribution is -2.28. The lowest BCUT2D eigenvalue weighted by Gasteiger charge is -2.34. The Morgan fingerprint density at radius 2 is 0.836 bits per heavy atom. The van der Waals surface area contributed by atoms with E-state index < -0.39 is 5.41 Å². The highest BCUT2D eigenvalue weighted by Gasteiger charge is 2.46. The zero-order valence-corrected chi connectivity index (χ0v) is 33.3. The normalized spacial score (nSPS) is 12.7. The van der Waals surface area contributed by atoms with E-state index in [1.165, 1.54) is 66.1 Å². The molecule has 284 valence electrons. The summed E-state index contributed by atoms with van der Waals surface area (Å²) in [7, 11) is 0. The predicted octanol–water partition coefficient (Wildman–Crippen LogP) is 15.0. The van der Waals surface area contributed by atoms with Gasteiger partial charge < -0.3 is 0 Å². The summed E-state index contributed by atoms with van der Waals surface area (Å²) in [6.07, 6.45) is 0. The Hall–Kier alpha value is -7.94. The monoisotopic (exact) mass is 774 g/mol. The summed E-state index contributed by atoms with van der Waals surface area (Å²) in [6.45, 7) is 0. The highest BCUT2D eigenvalue weighted by molar-refractivity contribution is 6.08. The van der Waals surface area contributed by atoms with Gasteiger partial charge in [0.05, 0.1) is 16.8 Å². The topological polar surface area (TPSA) is 25.8 Å². The predicted molar refractivity (Wildman–Crippen MR) is 254 cm³/mol. The summed E-state index contributed by atoms with van der Waals surface area (Å²) in [5.74, 6) is 0.714. The summed E-state index contributed by atoms with van der Waals surface area (Å²) < 4.78 is 0. The Bertz CT molecular complexity index is 3420. The van der Waals surface area contributed by atoms with Crippen molar-refractivity contribution >= 4 is 32.3 Å². The van der Waals surface area contributed by atoms with E-state index in [0.29, 0.717) is 5.82 Å². The van der Waals surface area contributed by atoms with Crippen LogP contribution in [0.4, 0.5) is 0 Å². The number of rotatable bonds is 6. The smallest absolute Gasteiger partial charge is 0.161 e. The van der Waals surface area contributed by atoms with Gasteiger partial charge >= 0.3 is 0 Å². The number of benzene rings is 10. The largest absolute Gasteiger partial charge is 0.228 e. The first-order chi connectivity index (χ1) is 30.3. The lowest BCUT2D eigenvalue weighted by molar-refractivity contribution is 0.769. The maximum Gasteiger partial charge on any atom is 0.161 e. The number of hydrogen-bond acceptors (Lipinski definition) is 2. The van der Waals surface area contributed by atoms with Crippen molar-refractivity contribution in [2.75, 3.05) is 0 Å². The average molecular weight is 775 g/mol. The fourth-order valence-electron chi connectivity index (χ4n) is 10.1. The Kier molecular flexibility index (Phi) is 8.11. The van der Waals surface area contributed by atoms with Gasteiger partial charge in [0.25, 0.3) is 0 Å². The summed E-state index contributed by atoms with van der Waals surface area (Å²) in [5, 5.41) is 7.14. The molecule has 0 aliphatic heterocycles. The first-order valence-electron chi connectivity index (χ1n) is 21.0. The second kappa shape index (κ2) is 14.1. The van der Waals surface area contributed by atoms with Gasteiger partial charge in [-0.15, -0.1) is 0 Å². The van der Waals surface area contributed by atoms with Crippen molar-refractivity contribution in [2.45, 2.75) is 5.41 Å². The first kappa shape index (κ1) is 35.0. The number of fused-ring (bicyclic) bond motifs is 7. The first-order valence-corrected chi connectivity index (χ1v) is 21.0. The Labute approximate surface area is 355 Å². The zero-order valence-electron chi connectivity index (χ0n) is 33.3. The van der Waals surface area contributed by atoms with Crippen LogP contribution in [0.15, 0.2) is 231 Å². The molecule has 1 aliphatic rings. The van der Waals surface area contributed by atoms with Gasteiger partial charge in [-0.25, -0.2) is 9.97 Å². The van der Waals surface area contributed by atoms with Crippen LogP contribution in [-0.4, -0.2) is 9.97 Å². The van der Waals surface area contributed by atoms with Gasteiger partial charge in [-0.1, -0.05) is 218 Å². The van der Waals surface area contributed by atoms with Crippen molar-refractivity contribution < 1.29 is 0 Å². The molecule has 1 aliphatic carbocycles. The van der Waals surface area contributed by atoms with Gasteiger partial charge in [0.15, 0.2) is 5.82 Å². The van der Waals surface area contributed by atoms with Crippen molar-refractivity contribution in [3.8, 4) is 56.2 Å². The van der Waals surface area contributed by atoms with Gasteiger partial charge in [-0.2, -0.15) is 0 Å². The van der Waals surface area contributed by atoms with Crippen LogP contribution in [0.25, 0.3) is 88.5 Å². The lowest BCUT2D eigenvalue weighted by atomic mass is 9.67. The Morgan fingerprint density at radius 3 is 1.56 bits per heavy atom. The second-order valence-electron chi connectivity index (χ2n) is 16.0. The molecule has 0 amide bonds. The molecule has 0 spiro atoms. The molecule has 0 radical (unpaired) electrons. The zero-order chi connectivity index (χ0) is 40.3. The minimum absolute atomic E-state index is 0.479. The quantitative estimate of drug-likeness (QED) is 0.168. The van der Waals surface area contributed by atoms with Gasteiger partial charge in [-0.05, 0) is 89.0 Å². The van der Waals surface area contributed by atoms with E-state index in [1.54, 1.807) is 0 Å². The second-order valence-corrected chi connectivity index (χ2v) is 16.0. The summed E-state index contributed by atoms with van der Waals surface area (Å²) in [5.41, 5.74) is 14.6. The van der Waals surface area contributed by atoms with E-state index in [1.807, 2.05) is 6.07 Å². The molecule has 0 bridgehead atoms. The van der Waals surface area contributed by atoms with E-state index >= 15 is 0 Å². The maximum absolute atomic E-state index is 5.37. The minimum atomic E-state index is -0.479. The molecule has 0 N–H and O–H groups in total. The molecule has 0 atom stereocenters. The highest BCUT2D eigenvalue weighted by Crippen LogP contribution is 2.58. The van der Waals surface area contributed by atoms with Gasteiger partial charge in [-0.3, -0.25) is 0 Å². The highest BCUT2D eigenvalue weighted by atomic mass is 14.9. The fraction of sp³-hybridized carbons (Fsp3) is 0.0169.